The van der Waals surface area contributed by atoms with Crippen LogP contribution >= 0.6 is 22.9 Å². The number of thiazole rings is 1. The van der Waals surface area contributed by atoms with Gasteiger partial charge in [0.25, 0.3) is 0 Å². The topological polar surface area (TPSA) is 48.1 Å². The van der Waals surface area contributed by atoms with E-state index in [0.717, 1.165) is 16.3 Å². The zero-order chi connectivity index (χ0) is 11.7. The monoisotopic (exact) mass is 254 g/mol. The lowest BCUT2D eigenvalue weighted by molar-refractivity contribution is 0.415. The van der Waals surface area contributed by atoms with Gasteiger partial charge in [0.15, 0.2) is 0 Å². The highest BCUT2D eigenvalue weighted by Gasteiger charge is 2.10. The minimum absolute atomic E-state index is 0.560. The summed E-state index contributed by atoms with van der Waals surface area (Å²) in [7, 11) is 1.59. The summed E-state index contributed by atoms with van der Waals surface area (Å²) < 4.78 is 5.09. The SMILES string of the molecule is COc1ccc(-c2nc(C)sc2N)cc1Cl. The summed E-state index contributed by atoms with van der Waals surface area (Å²) in [6, 6.07) is 5.52. The normalized spacial score (nSPS) is 10.4. The third-order valence-electron chi connectivity index (χ3n) is 2.19. The smallest absolute Gasteiger partial charge is 0.137 e. The van der Waals surface area contributed by atoms with Gasteiger partial charge in [-0.25, -0.2) is 4.98 Å². The fourth-order valence-corrected chi connectivity index (χ4v) is 2.44. The van der Waals surface area contributed by atoms with Gasteiger partial charge in [0.05, 0.1) is 17.1 Å². The van der Waals surface area contributed by atoms with E-state index in [-0.39, 0.29) is 0 Å². The predicted molar refractivity (Wildman–Crippen MR) is 68.3 cm³/mol. The first-order valence-electron chi connectivity index (χ1n) is 4.68. The van der Waals surface area contributed by atoms with E-state index < -0.39 is 0 Å². The molecule has 84 valence electrons. The number of benzene rings is 1. The summed E-state index contributed by atoms with van der Waals surface area (Å²) in [6.45, 7) is 1.93. The van der Waals surface area contributed by atoms with E-state index in [0.29, 0.717) is 15.8 Å². The van der Waals surface area contributed by atoms with Gasteiger partial charge in [-0.1, -0.05) is 11.6 Å². The van der Waals surface area contributed by atoms with Crippen LogP contribution in [0, 0.1) is 6.92 Å². The Labute approximate surface area is 103 Å². The van der Waals surface area contributed by atoms with Gasteiger partial charge >= 0.3 is 0 Å². The van der Waals surface area contributed by atoms with Gasteiger partial charge in [-0.05, 0) is 25.1 Å². The molecule has 0 bridgehead atoms. The van der Waals surface area contributed by atoms with Crippen molar-refractivity contribution >= 4 is 27.9 Å². The summed E-state index contributed by atoms with van der Waals surface area (Å²) in [5.74, 6) is 0.649. The van der Waals surface area contributed by atoms with Crippen molar-refractivity contribution < 1.29 is 4.74 Å². The Morgan fingerprint density at radius 1 is 1.44 bits per heavy atom. The molecular formula is C11H11ClN2OS. The maximum atomic E-state index is 6.05. The molecule has 0 spiro atoms. The molecule has 0 saturated heterocycles. The highest BCUT2D eigenvalue weighted by atomic mass is 35.5. The summed E-state index contributed by atoms with van der Waals surface area (Å²) in [5, 5.41) is 2.21. The second-order valence-corrected chi connectivity index (χ2v) is 4.94. The second kappa shape index (κ2) is 4.31. The lowest BCUT2D eigenvalue weighted by Gasteiger charge is -2.04. The molecule has 0 amide bonds. The van der Waals surface area contributed by atoms with Gasteiger partial charge in [0.1, 0.15) is 16.4 Å². The number of rotatable bonds is 2. The first-order chi connectivity index (χ1) is 7.61. The van der Waals surface area contributed by atoms with Gasteiger partial charge in [-0.3, -0.25) is 0 Å². The van der Waals surface area contributed by atoms with Crippen LogP contribution in [0.5, 0.6) is 5.75 Å². The molecule has 0 aliphatic heterocycles. The molecular weight excluding hydrogens is 244 g/mol. The minimum Gasteiger partial charge on any atom is -0.495 e. The summed E-state index contributed by atoms with van der Waals surface area (Å²) in [4.78, 5) is 4.37. The standard InChI is InChI=1S/C11H11ClN2OS/c1-6-14-10(11(13)16-6)7-3-4-9(15-2)8(12)5-7/h3-5H,13H2,1-2H3. The number of hydrogen-bond acceptors (Lipinski definition) is 4. The second-order valence-electron chi connectivity index (χ2n) is 3.30. The minimum atomic E-state index is 0.560. The van der Waals surface area contributed by atoms with Gasteiger partial charge < -0.3 is 10.5 Å². The van der Waals surface area contributed by atoms with Crippen LogP contribution in [-0.2, 0) is 0 Å². The lowest BCUT2D eigenvalue weighted by atomic mass is 10.1. The summed E-state index contributed by atoms with van der Waals surface area (Å²) in [5.41, 5.74) is 7.57. The Bertz CT molecular complexity index is 525. The fourth-order valence-electron chi connectivity index (χ4n) is 1.46. The van der Waals surface area contributed by atoms with E-state index in [9.17, 15) is 0 Å². The molecule has 1 heterocycles. The average molecular weight is 255 g/mol. The van der Waals surface area contributed by atoms with Crippen molar-refractivity contribution in [3.8, 4) is 17.0 Å². The number of aryl methyl sites for hydroxylation is 1. The van der Waals surface area contributed by atoms with E-state index in [1.165, 1.54) is 11.3 Å². The van der Waals surface area contributed by atoms with Crippen LogP contribution in [0.15, 0.2) is 18.2 Å². The molecule has 1 aromatic carbocycles. The zero-order valence-electron chi connectivity index (χ0n) is 8.95. The summed E-state index contributed by atoms with van der Waals surface area (Å²) >= 11 is 7.52. The molecule has 2 N–H and O–H groups in total. The van der Waals surface area contributed by atoms with Crippen LogP contribution in [0.4, 0.5) is 5.00 Å². The Hall–Kier alpha value is -1.26. The molecule has 0 fully saturated rings. The Morgan fingerprint density at radius 2 is 2.19 bits per heavy atom. The number of hydrogen-bond donors (Lipinski definition) is 1. The van der Waals surface area contributed by atoms with Crippen LogP contribution in [-0.4, -0.2) is 12.1 Å². The molecule has 16 heavy (non-hydrogen) atoms. The Balaban J connectivity index is 2.49. The van der Waals surface area contributed by atoms with Gasteiger partial charge in [0.2, 0.25) is 0 Å². The maximum Gasteiger partial charge on any atom is 0.137 e. The van der Waals surface area contributed by atoms with Crippen molar-refractivity contribution in [3.05, 3.63) is 28.2 Å². The van der Waals surface area contributed by atoms with E-state index >= 15 is 0 Å². The van der Waals surface area contributed by atoms with E-state index in [1.807, 2.05) is 25.1 Å². The zero-order valence-corrected chi connectivity index (χ0v) is 10.5. The Morgan fingerprint density at radius 3 is 2.69 bits per heavy atom. The van der Waals surface area contributed by atoms with Gasteiger partial charge in [0, 0.05) is 5.56 Å². The number of halogens is 1. The maximum absolute atomic E-state index is 6.05. The van der Waals surface area contributed by atoms with Crippen molar-refractivity contribution in [3.63, 3.8) is 0 Å². The Kier molecular flexibility index (Phi) is 3.03. The number of anilines is 1. The highest BCUT2D eigenvalue weighted by molar-refractivity contribution is 7.16. The molecule has 0 aliphatic carbocycles. The molecule has 0 unspecified atom stereocenters. The lowest BCUT2D eigenvalue weighted by Crippen LogP contribution is -1.88. The van der Waals surface area contributed by atoms with Crippen LogP contribution in [0.25, 0.3) is 11.3 Å². The molecule has 0 saturated carbocycles. The van der Waals surface area contributed by atoms with Crippen LogP contribution in [0.2, 0.25) is 5.02 Å². The fraction of sp³-hybridized carbons (Fsp3) is 0.182. The number of nitrogens with zero attached hydrogens (tertiary/aromatic N) is 1. The molecule has 5 heteroatoms. The van der Waals surface area contributed by atoms with Crippen LogP contribution in [0.1, 0.15) is 5.01 Å². The van der Waals surface area contributed by atoms with Gasteiger partial charge in [-0.15, -0.1) is 11.3 Å². The predicted octanol–water partition coefficient (Wildman–Crippen LogP) is 3.36. The third kappa shape index (κ3) is 1.99. The number of methoxy groups -OCH3 is 1. The van der Waals surface area contributed by atoms with Gasteiger partial charge in [-0.2, -0.15) is 0 Å². The summed E-state index contributed by atoms with van der Waals surface area (Å²) in [6.07, 6.45) is 0. The largest absolute Gasteiger partial charge is 0.495 e. The third-order valence-corrected chi connectivity index (χ3v) is 3.28. The molecule has 0 radical (unpaired) electrons. The quantitative estimate of drug-likeness (QED) is 0.894. The molecule has 0 atom stereocenters. The van der Waals surface area contributed by atoms with Crippen molar-refractivity contribution in [1.82, 2.24) is 4.98 Å². The molecule has 1 aromatic heterocycles. The highest BCUT2D eigenvalue weighted by Crippen LogP contribution is 2.34. The van der Waals surface area contributed by atoms with Crippen LogP contribution in [0.3, 0.4) is 0 Å². The number of ether oxygens (including phenoxy) is 1. The number of nitrogens with two attached hydrogens (primary N) is 1. The van der Waals surface area contributed by atoms with Crippen molar-refractivity contribution in [2.24, 2.45) is 0 Å². The average Bonchev–Trinajstić information content (AvgIpc) is 2.58. The molecule has 0 aliphatic rings. The van der Waals surface area contributed by atoms with E-state index in [1.54, 1.807) is 7.11 Å². The van der Waals surface area contributed by atoms with E-state index in [2.05, 4.69) is 4.98 Å². The van der Waals surface area contributed by atoms with Crippen LogP contribution < -0.4 is 10.5 Å². The molecule has 2 rings (SSSR count). The van der Waals surface area contributed by atoms with E-state index in [4.69, 9.17) is 22.1 Å². The van der Waals surface area contributed by atoms with Crippen molar-refractivity contribution in [2.75, 3.05) is 12.8 Å². The first-order valence-corrected chi connectivity index (χ1v) is 5.88. The van der Waals surface area contributed by atoms with Crippen molar-refractivity contribution in [2.45, 2.75) is 6.92 Å². The first kappa shape index (κ1) is 11.2. The number of aromatic nitrogens is 1. The van der Waals surface area contributed by atoms with Crippen molar-refractivity contribution in [1.29, 1.82) is 0 Å². The molecule has 2 aromatic rings. The number of nitrogen functional groups attached to an aromatic ring is 1. The molecule has 3 nitrogen and oxygen atoms in total.